The van der Waals surface area contributed by atoms with E-state index in [1.807, 2.05) is 12.1 Å². The topological polar surface area (TPSA) is 92.8 Å². The predicted molar refractivity (Wildman–Crippen MR) is 134 cm³/mol. The number of pyridine rings is 1. The summed E-state index contributed by atoms with van der Waals surface area (Å²) in [5.41, 5.74) is 8.32. The molecule has 1 saturated heterocycles. The third kappa shape index (κ3) is 5.53. The monoisotopic (exact) mass is 451 g/mol. The number of anilines is 1. The summed E-state index contributed by atoms with van der Waals surface area (Å²) >= 11 is 0. The molecule has 2 atom stereocenters. The number of carbonyl (C=O) groups excluding carboxylic acids is 1. The molecule has 1 aliphatic carbocycles. The zero-order valence-corrected chi connectivity index (χ0v) is 20.1. The fourth-order valence-corrected chi connectivity index (χ4v) is 5.16. The van der Waals surface area contributed by atoms with Gasteiger partial charge in [0.15, 0.2) is 0 Å². The van der Waals surface area contributed by atoms with Gasteiger partial charge in [-0.2, -0.15) is 4.99 Å². The van der Waals surface area contributed by atoms with E-state index in [-0.39, 0.29) is 17.8 Å². The quantitative estimate of drug-likeness (QED) is 0.512. The van der Waals surface area contributed by atoms with Gasteiger partial charge in [0.25, 0.3) is 5.91 Å². The highest BCUT2D eigenvalue weighted by atomic mass is 16.5. The lowest BCUT2D eigenvalue weighted by Gasteiger charge is -2.41. The van der Waals surface area contributed by atoms with Gasteiger partial charge in [0, 0.05) is 37.7 Å². The molecule has 178 valence electrons. The number of methoxy groups -OCH3 is 1. The molecular formula is C26H37N5O2. The van der Waals surface area contributed by atoms with E-state index < -0.39 is 0 Å². The van der Waals surface area contributed by atoms with Crippen molar-refractivity contribution in [3.63, 3.8) is 0 Å². The summed E-state index contributed by atoms with van der Waals surface area (Å²) in [5, 5.41) is 4.81. The maximum atomic E-state index is 13.0. The zero-order valence-electron chi connectivity index (χ0n) is 20.1. The average Bonchev–Trinajstić information content (AvgIpc) is 2.83. The molecule has 4 rings (SSSR count). The van der Waals surface area contributed by atoms with Crippen LogP contribution in [0.3, 0.4) is 0 Å². The Hall–Kier alpha value is -2.51. The van der Waals surface area contributed by atoms with Crippen LogP contribution in [0.1, 0.15) is 68.3 Å². The lowest BCUT2D eigenvalue weighted by atomic mass is 9.92. The second-order valence-corrected chi connectivity index (χ2v) is 9.42. The average molecular weight is 452 g/mol. The van der Waals surface area contributed by atoms with Gasteiger partial charge in [-0.25, -0.2) is 4.98 Å². The van der Waals surface area contributed by atoms with E-state index in [1.165, 1.54) is 37.7 Å². The number of amidine groups is 1. The van der Waals surface area contributed by atoms with Crippen molar-refractivity contribution in [2.24, 2.45) is 10.7 Å². The number of fused-ring (bicyclic) bond motifs is 1. The second-order valence-electron chi connectivity index (χ2n) is 9.42. The lowest BCUT2D eigenvalue weighted by molar-refractivity contribution is 0.0533. The van der Waals surface area contributed by atoms with Crippen LogP contribution < -0.4 is 16.0 Å². The highest BCUT2D eigenvalue weighted by Crippen LogP contribution is 2.29. The van der Waals surface area contributed by atoms with E-state index in [0.717, 1.165) is 30.3 Å². The van der Waals surface area contributed by atoms with E-state index in [2.05, 4.69) is 34.3 Å². The van der Waals surface area contributed by atoms with Gasteiger partial charge in [-0.1, -0.05) is 32.3 Å². The number of piperidine rings is 1. The van der Waals surface area contributed by atoms with Crippen molar-refractivity contribution in [1.82, 2.24) is 10.3 Å². The van der Waals surface area contributed by atoms with Crippen molar-refractivity contribution in [2.45, 2.75) is 77.0 Å². The van der Waals surface area contributed by atoms with Crippen LogP contribution in [0.5, 0.6) is 0 Å². The normalized spacial score (nSPS) is 22.6. The first-order valence-electron chi connectivity index (χ1n) is 12.3. The molecule has 1 aromatic carbocycles. The van der Waals surface area contributed by atoms with Crippen LogP contribution in [0, 0.1) is 0 Å². The van der Waals surface area contributed by atoms with Gasteiger partial charge in [0.1, 0.15) is 11.7 Å². The maximum Gasteiger partial charge on any atom is 0.282 e. The molecule has 2 fully saturated rings. The Labute approximate surface area is 196 Å². The van der Waals surface area contributed by atoms with Gasteiger partial charge < -0.3 is 20.7 Å². The third-order valence-corrected chi connectivity index (χ3v) is 6.99. The van der Waals surface area contributed by atoms with E-state index >= 15 is 0 Å². The molecule has 2 heterocycles. The van der Waals surface area contributed by atoms with E-state index in [0.29, 0.717) is 30.0 Å². The predicted octanol–water partition coefficient (Wildman–Crippen LogP) is 3.83. The molecule has 2 aliphatic rings. The summed E-state index contributed by atoms with van der Waals surface area (Å²) in [6.45, 7) is 5.23. The summed E-state index contributed by atoms with van der Waals surface area (Å²) in [4.78, 5) is 24.2. The summed E-state index contributed by atoms with van der Waals surface area (Å²) in [6, 6.07) is 9.04. The Balaban J connectivity index is 1.63. The van der Waals surface area contributed by atoms with Gasteiger partial charge in [-0.15, -0.1) is 0 Å². The zero-order chi connectivity index (χ0) is 23.4. The molecule has 1 saturated carbocycles. The number of nitrogens with one attached hydrogen (secondary N) is 1. The van der Waals surface area contributed by atoms with Gasteiger partial charge in [-0.3, -0.25) is 4.79 Å². The summed E-state index contributed by atoms with van der Waals surface area (Å²) in [6.07, 6.45) is 8.36. The number of nitrogens with two attached hydrogens (primary N) is 1. The first kappa shape index (κ1) is 23.6. The Morgan fingerprint density at radius 1 is 1.24 bits per heavy atom. The van der Waals surface area contributed by atoms with Gasteiger partial charge in [0.05, 0.1) is 17.2 Å². The van der Waals surface area contributed by atoms with Crippen molar-refractivity contribution >= 4 is 28.5 Å². The number of carbonyl (C=O) groups is 1. The first-order valence-corrected chi connectivity index (χ1v) is 12.3. The first-order chi connectivity index (χ1) is 16.0. The number of ether oxygens (including phenoxy) is 1. The molecular weight excluding hydrogens is 414 g/mol. The number of aliphatic imine (C=N–C) groups is 1. The molecule has 1 aliphatic heterocycles. The molecule has 33 heavy (non-hydrogen) atoms. The number of benzene rings is 1. The number of amides is 1. The van der Waals surface area contributed by atoms with Crippen LogP contribution in [-0.2, 0) is 11.2 Å². The third-order valence-electron chi connectivity index (χ3n) is 6.99. The van der Waals surface area contributed by atoms with Gasteiger partial charge in [-0.05, 0) is 56.4 Å². The van der Waals surface area contributed by atoms with Gasteiger partial charge >= 0.3 is 0 Å². The van der Waals surface area contributed by atoms with Crippen molar-refractivity contribution in [1.29, 1.82) is 0 Å². The molecule has 0 spiro atoms. The molecule has 7 heteroatoms. The molecule has 1 aromatic heterocycles. The van der Waals surface area contributed by atoms with Crippen molar-refractivity contribution in [2.75, 3.05) is 25.1 Å². The van der Waals surface area contributed by atoms with Gasteiger partial charge in [0.2, 0.25) is 0 Å². The smallest absolute Gasteiger partial charge is 0.282 e. The highest BCUT2D eigenvalue weighted by Gasteiger charge is 2.33. The number of nitrogens with zero attached hydrogens (tertiary/aromatic N) is 3. The van der Waals surface area contributed by atoms with E-state index in [9.17, 15) is 4.79 Å². The molecule has 7 nitrogen and oxygen atoms in total. The van der Waals surface area contributed by atoms with Crippen LogP contribution in [0.4, 0.5) is 5.82 Å². The lowest BCUT2D eigenvalue weighted by Crippen LogP contribution is -2.56. The maximum absolute atomic E-state index is 13.0. The minimum Gasteiger partial charge on any atom is -0.387 e. The molecule has 2 unspecified atom stereocenters. The summed E-state index contributed by atoms with van der Waals surface area (Å²) in [7, 11) is 1.78. The second kappa shape index (κ2) is 10.6. The Bertz CT molecular complexity index is 1010. The van der Waals surface area contributed by atoms with Crippen molar-refractivity contribution < 1.29 is 9.53 Å². The standard InChI is InChI=1S/C26H37N5O2/c1-4-18-10-11-22-19(14-18)15-21(26(32)28-17(2)27)25(30-22)31-13-12-23(24(16-31)33-3)29-20-8-6-5-7-9-20/h10-11,14-15,20,23-24,29H,4-9,12-13,16H2,1-3H3,(H2,27,28,32). The fraction of sp³-hybridized carbons (Fsp3) is 0.577. The molecule has 0 radical (unpaired) electrons. The number of aromatic nitrogens is 1. The fourth-order valence-electron chi connectivity index (χ4n) is 5.16. The largest absolute Gasteiger partial charge is 0.387 e. The SMILES string of the molecule is CCc1ccc2nc(N3CCC(NC4CCCCC4)C(OC)C3)c(C(=O)N=C(C)N)cc2c1. The number of hydrogen-bond donors (Lipinski definition) is 2. The molecule has 0 bridgehead atoms. The molecule has 2 aromatic rings. The summed E-state index contributed by atoms with van der Waals surface area (Å²) < 4.78 is 5.92. The highest BCUT2D eigenvalue weighted by molar-refractivity contribution is 6.07. The van der Waals surface area contributed by atoms with Crippen LogP contribution in [0.15, 0.2) is 29.3 Å². The van der Waals surface area contributed by atoms with Crippen molar-refractivity contribution in [3.05, 3.63) is 35.4 Å². The minimum absolute atomic E-state index is 0.0309. The number of rotatable bonds is 6. The molecule has 3 N–H and O–H groups in total. The van der Waals surface area contributed by atoms with Crippen LogP contribution >= 0.6 is 0 Å². The minimum atomic E-state index is -0.349. The van der Waals surface area contributed by atoms with Crippen molar-refractivity contribution in [3.8, 4) is 0 Å². The molecule has 1 amide bonds. The number of hydrogen-bond acceptors (Lipinski definition) is 5. The Morgan fingerprint density at radius 2 is 2.03 bits per heavy atom. The van der Waals surface area contributed by atoms with Crippen LogP contribution in [0.25, 0.3) is 10.9 Å². The van der Waals surface area contributed by atoms with Crippen LogP contribution in [-0.4, -0.2) is 55.1 Å². The van der Waals surface area contributed by atoms with E-state index in [1.54, 1.807) is 14.0 Å². The van der Waals surface area contributed by atoms with Crippen LogP contribution in [0.2, 0.25) is 0 Å². The summed E-state index contributed by atoms with van der Waals surface area (Å²) in [5.74, 6) is 0.566. The number of aryl methyl sites for hydroxylation is 1. The van der Waals surface area contributed by atoms with E-state index in [4.69, 9.17) is 15.5 Å². The Morgan fingerprint density at radius 3 is 2.73 bits per heavy atom. The Kier molecular flexibility index (Phi) is 7.60.